The zero-order chi connectivity index (χ0) is 41.9. The molecule has 1 saturated heterocycles. The molecule has 310 valence electrons. The standard InChI is InChI=1S/C46H57N3O9/c1-25(2)11-10-16-44(8)17-15-29-36(56-44)28(13-12-26(3)4)38-34(37(29)54-22-20-49-19-21-50)39-35-33(31(24-47)41(48)55-39)30-23-32-43(6,7)58-45(40(30)51,46(32,35)57-38)18-14-27(5)42(52)53-9/h11-12,14-15,17,30-33,48-50H,10,13,16,18-23H2,1-9H3. The number of Topliss-reactive ketones (excluding diaryl/α,β-unsaturated/α-hetero) is 1. The molecular formula is C46H57N3O9. The van der Waals surface area contributed by atoms with E-state index in [4.69, 9.17) is 28.4 Å². The van der Waals surface area contributed by atoms with Crippen molar-refractivity contribution in [2.24, 2.45) is 23.7 Å². The van der Waals surface area contributed by atoms with E-state index in [1.54, 1.807) is 13.0 Å². The number of carbonyl (C=O) groups excluding carboxylic acids is 2. The van der Waals surface area contributed by atoms with Crippen molar-refractivity contribution in [3.05, 3.63) is 63.3 Å². The van der Waals surface area contributed by atoms with Crippen LogP contribution in [0.2, 0.25) is 0 Å². The molecular weight excluding hydrogens is 739 g/mol. The molecule has 3 N–H and O–H groups in total. The van der Waals surface area contributed by atoms with Crippen LogP contribution in [0.25, 0.3) is 11.8 Å². The second-order valence-electron chi connectivity index (χ2n) is 17.7. The minimum absolute atomic E-state index is 0.00645. The summed E-state index contributed by atoms with van der Waals surface area (Å²) in [6.45, 7) is 16.9. The SMILES string of the molecule is COC(=O)C(C)=CCC12OC(C)(C)C3CC(C1=O)C1C4=C(OC(=N)C1C#N)c1c(OCCNCCO)c5c(c(CC=C(C)C)c1OC432)OC(C)(CCC=C(C)C)C=C5. The Morgan fingerprint density at radius 2 is 1.83 bits per heavy atom. The second-order valence-corrected chi connectivity index (χ2v) is 17.7. The Morgan fingerprint density at radius 1 is 1.09 bits per heavy atom. The summed E-state index contributed by atoms with van der Waals surface area (Å²) < 4.78 is 40.3. The van der Waals surface area contributed by atoms with Gasteiger partial charge in [-0.05, 0) is 93.2 Å². The number of aliphatic hydroxyl groups excluding tert-OH is 1. The van der Waals surface area contributed by atoms with Crippen LogP contribution >= 0.6 is 0 Å². The van der Waals surface area contributed by atoms with Gasteiger partial charge in [-0.2, -0.15) is 5.26 Å². The molecule has 7 aliphatic rings. The number of ketones is 1. The zero-order valence-electron chi connectivity index (χ0n) is 35.2. The van der Waals surface area contributed by atoms with Crippen molar-refractivity contribution in [3.63, 3.8) is 0 Å². The lowest BCUT2D eigenvalue weighted by Gasteiger charge is -2.62. The third kappa shape index (κ3) is 6.32. The molecule has 1 aromatic rings. The Kier molecular flexibility index (Phi) is 10.8. The largest absolute Gasteiger partial charge is 0.491 e. The summed E-state index contributed by atoms with van der Waals surface area (Å²) in [5, 5.41) is 32.4. The van der Waals surface area contributed by atoms with E-state index in [-0.39, 0.29) is 37.2 Å². The fraction of sp³-hybridized carbons (Fsp3) is 0.565. The van der Waals surface area contributed by atoms with Crippen molar-refractivity contribution in [2.45, 2.75) is 110 Å². The maximum atomic E-state index is 15.3. The fourth-order valence-corrected chi connectivity index (χ4v) is 10.2. The van der Waals surface area contributed by atoms with Gasteiger partial charge in [-0.3, -0.25) is 10.2 Å². The van der Waals surface area contributed by atoms with Crippen molar-refractivity contribution >= 4 is 29.5 Å². The number of hydrogen-bond acceptors (Lipinski definition) is 12. The number of carbonyl (C=O) groups is 2. The van der Waals surface area contributed by atoms with Gasteiger partial charge in [0, 0.05) is 54.0 Å². The van der Waals surface area contributed by atoms with Crippen molar-refractivity contribution in [1.82, 2.24) is 5.32 Å². The van der Waals surface area contributed by atoms with Gasteiger partial charge in [-0.15, -0.1) is 0 Å². The van der Waals surface area contributed by atoms with E-state index < -0.39 is 46.1 Å². The Bertz CT molecular complexity index is 2130. The van der Waals surface area contributed by atoms with E-state index in [2.05, 4.69) is 50.4 Å². The zero-order valence-corrected chi connectivity index (χ0v) is 35.2. The van der Waals surface area contributed by atoms with Gasteiger partial charge in [0.2, 0.25) is 5.90 Å². The predicted octanol–water partition coefficient (Wildman–Crippen LogP) is 6.95. The van der Waals surface area contributed by atoms with E-state index in [9.17, 15) is 20.6 Å². The van der Waals surface area contributed by atoms with Crippen molar-refractivity contribution in [1.29, 1.82) is 10.7 Å². The molecule has 12 nitrogen and oxygen atoms in total. The lowest BCUT2D eigenvalue weighted by molar-refractivity contribution is -0.183. The molecule has 4 aliphatic heterocycles. The van der Waals surface area contributed by atoms with Crippen LogP contribution in [0.3, 0.4) is 0 Å². The number of rotatable bonds is 14. The smallest absolute Gasteiger partial charge is 0.333 e. The summed E-state index contributed by atoms with van der Waals surface area (Å²) in [5.41, 5.74) is 0.513. The highest BCUT2D eigenvalue weighted by Crippen LogP contribution is 2.74. The number of aliphatic hydroxyl groups is 1. The Labute approximate surface area is 341 Å². The quantitative estimate of drug-likeness (QED) is 0.0771. The van der Waals surface area contributed by atoms with Gasteiger partial charge in [-0.1, -0.05) is 29.4 Å². The first kappa shape index (κ1) is 41.5. The van der Waals surface area contributed by atoms with Crippen molar-refractivity contribution < 1.29 is 43.1 Å². The van der Waals surface area contributed by atoms with Crippen molar-refractivity contribution in [3.8, 4) is 23.3 Å². The molecule has 1 spiro atoms. The average molecular weight is 796 g/mol. The number of methoxy groups -OCH3 is 1. The first-order chi connectivity index (χ1) is 27.5. The minimum atomic E-state index is -1.62. The van der Waals surface area contributed by atoms with E-state index >= 15 is 4.79 Å². The van der Waals surface area contributed by atoms with Crippen LogP contribution in [0.4, 0.5) is 0 Å². The van der Waals surface area contributed by atoms with Crippen molar-refractivity contribution in [2.75, 3.05) is 33.4 Å². The topological polar surface area (TPSA) is 169 Å². The summed E-state index contributed by atoms with van der Waals surface area (Å²) >= 11 is 0. The molecule has 4 heterocycles. The molecule has 7 unspecified atom stereocenters. The summed E-state index contributed by atoms with van der Waals surface area (Å²) in [4.78, 5) is 28.0. The van der Waals surface area contributed by atoms with Gasteiger partial charge in [0.15, 0.2) is 17.0 Å². The highest BCUT2D eigenvalue weighted by molar-refractivity contribution is 6.03. The number of allylic oxidation sites excluding steroid dienone is 4. The first-order valence-electron chi connectivity index (χ1n) is 20.4. The number of nitriles is 1. The Morgan fingerprint density at radius 3 is 2.50 bits per heavy atom. The van der Waals surface area contributed by atoms with Crippen LogP contribution in [0.1, 0.15) is 97.8 Å². The van der Waals surface area contributed by atoms with Gasteiger partial charge in [0.25, 0.3) is 0 Å². The average Bonchev–Trinajstić information content (AvgIpc) is 3.31. The van der Waals surface area contributed by atoms with Gasteiger partial charge in [-0.25, -0.2) is 4.79 Å². The highest BCUT2D eigenvalue weighted by atomic mass is 16.6. The fourth-order valence-electron chi connectivity index (χ4n) is 10.2. The second kappa shape index (κ2) is 15.2. The lowest BCUT2D eigenvalue weighted by atomic mass is 9.44. The molecule has 0 amide bonds. The van der Waals surface area contributed by atoms with Gasteiger partial charge >= 0.3 is 5.97 Å². The third-order valence-electron chi connectivity index (χ3n) is 12.8. The molecule has 0 aromatic heterocycles. The van der Waals surface area contributed by atoms with Gasteiger partial charge < -0.3 is 38.8 Å². The number of nitrogens with one attached hydrogen (secondary N) is 2. The molecule has 8 rings (SSSR count). The molecule has 3 aliphatic carbocycles. The van der Waals surface area contributed by atoms with Gasteiger partial charge in [0.05, 0.1) is 31.0 Å². The third-order valence-corrected chi connectivity index (χ3v) is 12.8. The molecule has 7 atom stereocenters. The first-order valence-corrected chi connectivity index (χ1v) is 20.4. The van der Waals surface area contributed by atoms with E-state index in [0.29, 0.717) is 77.6 Å². The maximum absolute atomic E-state index is 15.3. The molecule has 3 saturated carbocycles. The summed E-state index contributed by atoms with van der Waals surface area (Å²) in [5.74, 6) is -2.00. The lowest BCUT2D eigenvalue weighted by Crippen LogP contribution is -2.75. The molecule has 1 aromatic carbocycles. The number of esters is 1. The summed E-state index contributed by atoms with van der Waals surface area (Å²) in [6.07, 6.45) is 12.4. The number of ether oxygens (including phenoxy) is 6. The number of fused-ring (bicyclic) bond motifs is 3. The van der Waals surface area contributed by atoms with E-state index in [1.807, 2.05) is 33.8 Å². The molecule has 4 fully saturated rings. The van der Waals surface area contributed by atoms with Crippen LogP contribution in [-0.2, 0) is 30.2 Å². The summed E-state index contributed by atoms with van der Waals surface area (Å²) in [6, 6.07) is 2.31. The van der Waals surface area contributed by atoms with Crippen LogP contribution < -0.4 is 19.5 Å². The molecule has 12 heteroatoms. The maximum Gasteiger partial charge on any atom is 0.333 e. The van der Waals surface area contributed by atoms with E-state index in [1.165, 1.54) is 12.7 Å². The highest BCUT2D eigenvalue weighted by Gasteiger charge is 2.84. The number of benzene rings is 1. The normalized spacial score (nSPS) is 30.5. The minimum Gasteiger partial charge on any atom is -0.491 e. The Balaban J connectivity index is 1.55. The Hall–Kier alpha value is -4.70. The molecule has 4 bridgehead atoms. The van der Waals surface area contributed by atoms with Crippen LogP contribution in [0.15, 0.2) is 46.6 Å². The predicted molar refractivity (Wildman–Crippen MR) is 218 cm³/mol. The monoisotopic (exact) mass is 795 g/mol. The van der Waals surface area contributed by atoms with Crippen LogP contribution in [0, 0.1) is 40.4 Å². The van der Waals surface area contributed by atoms with Crippen LogP contribution in [0.5, 0.6) is 17.2 Å². The van der Waals surface area contributed by atoms with Crippen LogP contribution in [-0.4, -0.2) is 78.6 Å². The molecule has 58 heavy (non-hydrogen) atoms. The van der Waals surface area contributed by atoms with Gasteiger partial charge in [0.1, 0.15) is 46.7 Å². The molecule has 0 radical (unpaired) electrons. The summed E-state index contributed by atoms with van der Waals surface area (Å²) in [7, 11) is 1.32. The number of hydrogen-bond donors (Lipinski definition) is 3. The number of nitrogens with zero attached hydrogens (tertiary/aromatic N) is 1. The van der Waals surface area contributed by atoms with E-state index in [0.717, 1.165) is 17.6 Å².